The first-order chi connectivity index (χ1) is 7.26. The molecule has 0 unspecified atom stereocenters. The van der Waals surface area contributed by atoms with Crippen LogP contribution in [0.5, 0.6) is 0 Å². The fourth-order valence-electron chi connectivity index (χ4n) is 1.68. The van der Waals surface area contributed by atoms with Crippen molar-refractivity contribution in [1.82, 2.24) is 4.57 Å². The van der Waals surface area contributed by atoms with Crippen LogP contribution in [0.2, 0.25) is 0 Å². The number of hydrogen-bond acceptors (Lipinski definition) is 2. The van der Waals surface area contributed by atoms with Crippen molar-refractivity contribution in [1.29, 1.82) is 0 Å². The Morgan fingerprint density at radius 1 is 1.47 bits per heavy atom. The van der Waals surface area contributed by atoms with Crippen molar-refractivity contribution in [2.75, 3.05) is 0 Å². The van der Waals surface area contributed by atoms with Gasteiger partial charge in [-0.1, -0.05) is 17.3 Å². The van der Waals surface area contributed by atoms with Gasteiger partial charge in [-0.25, -0.2) is 0 Å². The highest BCUT2D eigenvalue weighted by molar-refractivity contribution is 6.00. The van der Waals surface area contributed by atoms with Crippen molar-refractivity contribution in [3.63, 3.8) is 0 Å². The van der Waals surface area contributed by atoms with E-state index in [1.807, 2.05) is 24.4 Å². The molecule has 15 heavy (non-hydrogen) atoms. The molecule has 78 valence electrons. The van der Waals surface area contributed by atoms with Crippen molar-refractivity contribution in [2.24, 2.45) is 10.9 Å². The zero-order chi connectivity index (χ0) is 10.8. The number of oxime groups is 1. The topological polar surface area (TPSA) is 63.5 Å². The molecule has 4 heteroatoms. The van der Waals surface area contributed by atoms with Gasteiger partial charge in [-0.2, -0.15) is 0 Å². The molecule has 0 bridgehead atoms. The summed E-state index contributed by atoms with van der Waals surface area (Å²) in [6.07, 6.45) is 2.03. The molecule has 0 saturated carbocycles. The SMILES string of the molecule is CCn1ccc2ccc(/C(N)=N/O)cc21. The van der Waals surface area contributed by atoms with E-state index in [1.54, 1.807) is 0 Å². The second kappa shape index (κ2) is 3.65. The van der Waals surface area contributed by atoms with Crippen LogP contribution in [0, 0.1) is 0 Å². The minimum absolute atomic E-state index is 0.140. The molecule has 0 fully saturated rings. The highest BCUT2D eigenvalue weighted by Crippen LogP contribution is 2.17. The molecule has 1 aromatic heterocycles. The maximum atomic E-state index is 8.59. The summed E-state index contributed by atoms with van der Waals surface area (Å²) in [5.41, 5.74) is 7.37. The number of fused-ring (bicyclic) bond motifs is 1. The van der Waals surface area contributed by atoms with Crippen molar-refractivity contribution in [3.05, 3.63) is 36.0 Å². The van der Waals surface area contributed by atoms with Gasteiger partial charge < -0.3 is 15.5 Å². The standard InChI is InChI=1S/C11H13N3O/c1-2-14-6-5-8-3-4-9(7-10(8)14)11(12)13-15/h3-7,15H,2H2,1H3,(H2,12,13). The molecule has 0 radical (unpaired) electrons. The molecule has 4 nitrogen and oxygen atoms in total. The quantitative estimate of drug-likeness (QED) is 0.338. The van der Waals surface area contributed by atoms with Crippen LogP contribution in [0.15, 0.2) is 35.6 Å². The predicted molar refractivity (Wildman–Crippen MR) is 60.1 cm³/mol. The van der Waals surface area contributed by atoms with Crippen LogP contribution in [-0.4, -0.2) is 15.6 Å². The maximum Gasteiger partial charge on any atom is 0.170 e. The summed E-state index contributed by atoms with van der Waals surface area (Å²) < 4.78 is 2.11. The predicted octanol–water partition coefficient (Wildman–Crippen LogP) is 1.76. The van der Waals surface area contributed by atoms with E-state index in [1.165, 1.54) is 0 Å². The minimum Gasteiger partial charge on any atom is -0.409 e. The van der Waals surface area contributed by atoms with Gasteiger partial charge in [0.2, 0.25) is 0 Å². The van der Waals surface area contributed by atoms with Crippen LogP contribution in [0.3, 0.4) is 0 Å². The first-order valence-corrected chi connectivity index (χ1v) is 4.83. The third kappa shape index (κ3) is 1.54. The molecule has 3 N–H and O–H groups in total. The largest absolute Gasteiger partial charge is 0.409 e. The van der Waals surface area contributed by atoms with Gasteiger partial charge in [-0.15, -0.1) is 0 Å². The summed E-state index contributed by atoms with van der Waals surface area (Å²) in [5, 5.41) is 12.7. The highest BCUT2D eigenvalue weighted by atomic mass is 16.4. The van der Waals surface area contributed by atoms with Gasteiger partial charge >= 0.3 is 0 Å². The lowest BCUT2D eigenvalue weighted by atomic mass is 10.1. The maximum absolute atomic E-state index is 8.59. The molecular formula is C11H13N3O. The number of rotatable bonds is 2. The number of nitrogens with zero attached hydrogens (tertiary/aromatic N) is 2. The lowest BCUT2D eigenvalue weighted by Gasteiger charge is -2.03. The molecule has 1 aromatic carbocycles. The molecule has 0 atom stereocenters. The molecule has 0 aliphatic heterocycles. The smallest absolute Gasteiger partial charge is 0.170 e. The fourth-order valence-corrected chi connectivity index (χ4v) is 1.68. The van der Waals surface area contributed by atoms with Gasteiger partial charge in [-0.3, -0.25) is 0 Å². The first kappa shape index (κ1) is 9.58. The number of aromatic nitrogens is 1. The number of aryl methyl sites for hydroxylation is 1. The van der Waals surface area contributed by atoms with Crippen LogP contribution in [0.25, 0.3) is 10.9 Å². The number of amidine groups is 1. The van der Waals surface area contributed by atoms with Gasteiger partial charge in [0.1, 0.15) is 0 Å². The van der Waals surface area contributed by atoms with Gasteiger partial charge in [-0.05, 0) is 24.4 Å². The molecule has 0 aliphatic carbocycles. The van der Waals surface area contributed by atoms with E-state index < -0.39 is 0 Å². The van der Waals surface area contributed by atoms with Gasteiger partial charge in [0.25, 0.3) is 0 Å². The first-order valence-electron chi connectivity index (χ1n) is 4.83. The van der Waals surface area contributed by atoms with E-state index in [2.05, 4.69) is 22.7 Å². The van der Waals surface area contributed by atoms with E-state index in [0.29, 0.717) is 0 Å². The third-order valence-electron chi connectivity index (χ3n) is 2.52. The van der Waals surface area contributed by atoms with E-state index in [9.17, 15) is 0 Å². The molecule has 0 amide bonds. The second-order valence-electron chi connectivity index (χ2n) is 3.36. The van der Waals surface area contributed by atoms with Crippen LogP contribution < -0.4 is 5.73 Å². The Balaban J connectivity index is 2.62. The van der Waals surface area contributed by atoms with Crippen LogP contribution >= 0.6 is 0 Å². The Bertz CT molecular complexity index is 514. The molecule has 2 aromatic rings. The average molecular weight is 203 g/mol. The lowest BCUT2D eigenvalue weighted by Crippen LogP contribution is -2.12. The second-order valence-corrected chi connectivity index (χ2v) is 3.36. The Kier molecular flexibility index (Phi) is 2.33. The van der Waals surface area contributed by atoms with Crippen LogP contribution in [0.1, 0.15) is 12.5 Å². The van der Waals surface area contributed by atoms with Crippen LogP contribution in [-0.2, 0) is 6.54 Å². The van der Waals surface area contributed by atoms with Gasteiger partial charge in [0.15, 0.2) is 5.84 Å². The molecule has 1 heterocycles. The molecular weight excluding hydrogens is 190 g/mol. The van der Waals surface area contributed by atoms with Crippen molar-refractivity contribution < 1.29 is 5.21 Å². The highest BCUT2D eigenvalue weighted by Gasteiger charge is 2.03. The normalized spacial score (nSPS) is 12.2. The molecule has 0 aliphatic rings. The number of benzene rings is 1. The van der Waals surface area contributed by atoms with E-state index >= 15 is 0 Å². The van der Waals surface area contributed by atoms with Crippen molar-refractivity contribution in [3.8, 4) is 0 Å². The number of nitrogens with two attached hydrogens (primary N) is 1. The Labute approximate surface area is 87.6 Å². The van der Waals surface area contributed by atoms with E-state index in [-0.39, 0.29) is 5.84 Å². The van der Waals surface area contributed by atoms with Gasteiger partial charge in [0, 0.05) is 23.8 Å². The summed E-state index contributed by atoms with van der Waals surface area (Å²) in [4.78, 5) is 0. The minimum atomic E-state index is 0.140. The number of hydrogen-bond donors (Lipinski definition) is 2. The zero-order valence-electron chi connectivity index (χ0n) is 8.51. The third-order valence-corrected chi connectivity index (χ3v) is 2.52. The molecule has 0 saturated heterocycles. The van der Waals surface area contributed by atoms with Gasteiger partial charge in [0.05, 0.1) is 0 Å². The summed E-state index contributed by atoms with van der Waals surface area (Å²) in [6, 6.07) is 7.79. The summed E-state index contributed by atoms with van der Waals surface area (Å²) in [5.74, 6) is 0.140. The monoisotopic (exact) mass is 203 g/mol. The van der Waals surface area contributed by atoms with Crippen LogP contribution in [0.4, 0.5) is 0 Å². The average Bonchev–Trinajstić information content (AvgIpc) is 2.69. The summed E-state index contributed by atoms with van der Waals surface area (Å²) in [7, 11) is 0. The van der Waals surface area contributed by atoms with E-state index in [0.717, 1.165) is 23.0 Å². The Morgan fingerprint density at radius 2 is 2.27 bits per heavy atom. The lowest BCUT2D eigenvalue weighted by molar-refractivity contribution is 0.318. The van der Waals surface area contributed by atoms with Crippen molar-refractivity contribution >= 4 is 16.7 Å². The fraction of sp³-hybridized carbons (Fsp3) is 0.182. The summed E-state index contributed by atoms with van der Waals surface area (Å²) in [6.45, 7) is 2.98. The van der Waals surface area contributed by atoms with E-state index in [4.69, 9.17) is 10.9 Å². The Hall–Kier alpha value is -1.97. The van der Waals surface area contributed by atoms with Crippen molar-refractivity contribution in [2.45, 2.75) is 13.5 Å². The zero-order valence-corrected chi connectivity index (χ0v) is 8.51. The molecule has 0 spiro atoms. The summed E-state index contributed by atoms with van der Waals surface area (Å²) >= 11 is 0. The molecule has 2 rings (SSSR count). The Morgan fingerprint density at radius 3 is 2.93 bits per heavy atom.